The largest absolute Gasteiger partial charge is 0.466 e. The van der Waals surface area contributed by atoms with Crippen molar-refractivity contribution in [1.29, 1.82) is 0 Å². The van der Waals surface area contributed by atoms with Crippen LogP contribution in [0.5, 0.6) is 0 Å². The zero-order chi connectivity index (χ0) is 11.3. The highest BCUT2D eigenvalue weighted by Gasteiger charge is 2.04. The van der Waals surface area contributed by atoms with Gasteiger partial charge in [0.15, 0.2) is 0 Å². The van der Waals surface area contributed by atoms with Gasteiger partial charge in [-0.1, -0.05) is 23.8 Å². The lowest BCUT2D eigenvalue weighted by Crippen LogP contribution is -2.05. The standard InChI is InChI=1S/C13H18O2/c1-4-15-13(14)8-7-12-6-5-10(2)9-11(12)3/h5-6,9H,4,7-8H2,1-3H3. The minimum Gasteiger partial charge on any atom is -0.466 e. The molecule has 0 spiro atoms. The van der Waals surface area contributed by atoms with Gasteiger partial charge in [0, 0.05) is 6.42 Å². The first-order chi connectivity index (χ1) is 7.13. The van der Waals surface area contributed by atoms with Gasteiger partial charge in [0.25, 0.3) is 0 Å². The van der Waals surface area contributed by atoms with Crippen LogP contribution in [0.3, 0.4) is 0 Å². The molecule has 0 N–H and O–H groups in total. The fourth-order valence-corrected chi connectivity index (χ4v) is 1.60. The van der Waals surface area contributed by atoms with Crippen molar-refractivity contribution >= 4 is 5.97 Å². The third-order valence-electron chi connectivity index (χ3n) is 2.40. The van der Waals surface area contributed by atoms with E-state index < -0.39 is 0 Å². The Labute approximate surface area is 91.3 Å². The first-order valence-electron chi connectivity index (χ1n) is 5.35. The molecule has 82 valence electrons. The smallest absolute Gasteiger partial charge is 0.306 e. The first kappa shape index (κ1) is 11.8. The van der Waals surface area contributed by atoms with E-state index in [-0.39, 0.29) is 5.97 Å². The maximum atomic E-state index is 11.2. The van der Waals surface area contributed by atoms with Crippen molar-refractivity contribution in [2.45, 2.75) is 33.6 Å². The Bertz CT molecular complexity index is 342. The van der Waals surface area contributed by atoms with Crippen LogP contribution in [0, 0.1) is 13.8 Å². The second-order valence-corrected chi connectivity index (χ2v) is 3.73. The molecule has 1 aromatic rings. The van der Waals surface area contributed by atoms with Gasteiger partial charge in [-0.15, -0.1) is 0 Å². The minimum atomic E-state index is -0.113. The molecule has 0 saturated carbocycles. The lowest BCUT2D eigenvalue weighted by Gasteiger charge is -2.06. The van der Waals surface area contributed by atoms with E-state index in [9.17, 15) is 4.79 Å². The highest BCUT2D eigenvalue weighted by Crippen LogP contribution is 2.12. The van der Waals surface area contributed by atoms with Crippen LogP contribution in [0.1, 0.15) is 30.0 Å². The van der Waals surface area contributed by atoms with Crippen LogP contribution in [-0.4, -0.2) is 12.6 Å². The Kier molecular flexibility index (Phi) is 4.35. The summed E-state index contributed by atoms with van der Waals surface area (Å²) in [5.41, 5.74) is 3.74. The molecule has 0 unspecified atom stereocenters. The highest BCUT2D eigenvalue weighted by molar-refractivity contribution is 5.69. The van der Waals surface area contributed by atoms with Crippen molar-refractivity contribution in [3.8, 4) is 0 Å². The number of hydrogen-bond acceptors (Lipinski definition) is 2. The molecular formula is C13H18O2. The number of rotatable bonds is 4. The molecule has 0 aliphatic carbocycles. The molecule has 0 radical (unpaired) electrons. The molecule has 1 rings (SSSR count). The number of esters is 1. The van der Waals surface area contributed by atoms with Crippen molar-refractivity contribution in [2.75, 3.05) is 6.61 Å². The first-order valence-corrected chi connectivity index (χ1v) is 5.35. The fourth-order valence-electron chi connectivity index (χ4n) is 1.60. The normalized spacial score (nSPS) is 10.1. The van der Waals surface area contributed by atoms with Gasteiger partial charge in [-0.05, 0) is 38.3 Å². The second kappa shape index (κ2) is 5.54. The highest BCUT2D eigenvalue weighted by atomic mass is 16.5. The van der Waals surface area contributed by atoms with Crippen LogP contribution < -0.4 is 0 Å². The topological polar surface area (TPSA) is 26.3 Å². The van der Waals surface area contributed by atoms with Crippen LogP contribution in [0.2, 0.25) is 0 Å². The van der Waals surface area contributed by atoms with E-state index in [0.717, 1.165) is 6.42 Å². The summed E-state index contributed by atoms with van der Waals surface area (Å²) in [7, 11) is 0. The summed E-state index contributed by atoms with van der Waals surface area (Å²) < 4.78 is 4.89. The van der Waals surface area contributed by atoms with Crippen molar-refractivity contribution < 1.29 is 9.53 Å². The van der Waals surface area contributed by atoms with Gasteiger partial charge < -0.3 is 4.74 Å². The Balaban J connectivity index is 2.54. The third kappa shape index (κ3) is 3.74. The summed E-state index contributed by atoms with van der Waals surface area (Å²) in [5.74, 6) is -0.113. The van der Waals surface area contributed by atoms with Crippen LogP contribution >= 0.6 is 0 Å². The van der Waals surface area contributed by atoms with E-state index >= 15 is 0 Å². The van der Waals surface area contributed by atoms with Crippen LogP contribution in [0.4, 0.5) is 0 Å². The van der Waals surface area contributed by atoms with Crippen molar-refractivity contribution in [3.05, 3.63) is 34.9 Å². The lowest BCUT2D eigenvalue weighted by molar-refractivity contribution is -0.143. The predicted octanol–water partition coefficient (Wildman–Crippen LogP) is 2.80. The van der Waals surface area contributed by atoms with E-state index in [1.165, 1.54) is 16.7 Å². The summed E-state index contributed by atoms with van der Waals surface area (Å²) in [4.78, 5) is 11.2. The minimum absolute atomic E-state index is 0.113. The zero-order valence-electron chi connectivity index (χ0n) is 9.67. The Morgan fingerprint density at radius 3 is 2.67 bits per heavy atom. The average Bonchev–Trinajstić information content (AvgIpc) is 2.17. The molecule has 0 aliphatic rings. The molecule has 1 aromatic carbocycles. The number of hydrogen-bond donors (Lipinski definition) is 0. The third-order valence-corrected chi connectivity index (χ3v) is 2.40. The number of aryl methyl sites for hydroxylation is 3. The average molecular weight is 206 g/mol. The van der Waals surface area contributed by atoms with E-state index in [1.54, 1.807) is 0 Å². The Morgan fingerprint density at radius 2 is 2.07 bits per heavy atom. The molecule has 0 saturated heterocycles. The summed E-state index contributed by atoms with van der Waals surface area (Å²) >= 11 is 0. The van der Waals surface area contributed by atoms with Gasteiger partial charge >= 0.3 is 5.97 Å². The van der Waals surface area contributed by atoms with Crippen LogP contribution in [0.15, 0.2) is 18.2 Å². The maximum Gasteiger partial charge on any atom is 0.306 e. The molecule has 2 nitrogen and oxygen atoms in total. The van der Waals surface area contributed by atoms with Gasteiger partial charge in [-0.2, -0.15) is 0 Å². The summed E-state index contributed by atoms with van der Waals surface area (Å²) in [6.45, 7) is 6.44. The molecule has 0 heterocycles. The maximum absolute atomic E-state index is 11.2. The molecule has 0 aliphatic heterocycles. The molecule has 2 heteroatoms. The van der Waals surface area contributed by atoms with Gasteiger partial charge in [0.05, 0.1) is 6.61 Å². The lowest BCUT2D eigenvalue weighted by atomic mass is 10.0. The summed E-state index contributed by atoms with van der Waals surface area (Å²) in [6.07, 6.45) is 1.24. The van der Waals surface area contributed by atoms with Crippen LogP contribution in [0.25, 0.3) is 0 Å². The SMILES string of the molecule is CCOC(=O)CCc1ccc(C)cc1C. The molecule has 15 heavy (non-hydrogen) atoms. The molecule has 0 amide bonds. The molecule has 0 fully saturated rings. The van der Waals surface area contributed by atoms with E-state index in [4.69, 9.17) is 4.74 Å². The monoisotopic (exact) mass is 206 g/mol. The molecular weight excluding hydrogens is 188 g/mol. The number of ether oxygens (including phenoxy) is 1. The van der Waals surface area contributed by atoms with Gasteiger partial charge in [0.1, 0.15) is 0 Å². The summed E-state index contributed by atoms with van der Waals surface area (Å²) in [5, 5.41) is 0. The van der Waals surface area contributed by atoms with Gasteiger partial charge in [-0.25, -0.2) is 0 Å². The van der Waals surface area contributed by atoms with Crippen molar-refractivity contribution in [3.63, 3.8) is 0 Å². The second-order valence-electron chi connectivity index (χ2n) is 3.73. The zero-order valence-corrected chi connectivity index (χ0v) is 9.67. The molecule has 0 atom stereocenters. The van der Waals surface area contributed by atoms with Gasteiger partial charge in [-0.3, -0.25) is 4.79 Å². The molecule has 0 bridgehead atoms. The number of benzene rings is 1. The quantitative estimate of drug-likeness (QED) is 0.708. The van der Waals surface area contributed by atoms with Gasteiger partial charge in [0.2, 0.25) is 0 Å². The van der Waals surface area contributed by atoms with E-state index in [1.807, 2.05) is 6.92 Å². The Hall–Kier alpha value is -1.31. The van der Waals surface area contributed by atoms with E-state index in [2.05, 4.69) is 32.0 Å². The van der Waals surface area contributed by atoms with E-state index in [0.29, 0.717) is 13.0 Å². The van der Waals surface area contributed by atoms with Crippen molar-refractivity contribution in [1.82, 2.24) is 0 Å². The number of carbonyl (C=O) groups excluding carboxylic acids is 1. The predicted molar refractivity (Wildman–Crippen MR) is 60.9 cm³/mol. The summed E-state index contributed by atoms with van der Waals surface area (Å²) in [6, 6.07) is 6.30. The fraction of sp³-hybridized carbons (Fsp3) is 0.462. The Morgan fingerprint density at radius 1 is 1.33 bits per heavy atom. The number of carbonyl (C=O) groups is 1. The van der Waals surface area contributed by atoms with Crippen molar-refractivity contribution in [2.24, 2.45) is 0 Å². The molecule has 0 aromatic heterocycles. The van der Waals surface area contributed by atoms with Crippen LogP contribution in [-0.2, 0) is 16.0 Å².